The normalized spacial score (nSPS) is 21.2. The summed E-state index contributed by atoms with van der Waals surface area (Å²) in [5, 5.41) is 8.88. The van der Waals surface area contributed by atoms with Crippen molar-refractivity contribution in [3.8, 4) is 0 Å². The topological polar surface area (TPSA) is 83.6 Å². The highest BCUT2D eigenvalue weighted by Gasteiger charge is 2.31. The van der Waals surface area contributed by atoms with Crippen LogP contribution in [0.4, 0.5) is 5.69 Å². The van der Waals surface area contributed by atoms with E-state index in [9.17, 15) is 9.59 Å². The van der Waals surface area contributed by atoms with Crippen molar-refractivity contribution in [2.75, 3.05) is 11.4 Å². The van der Waals surface area contributed by atoms with Crippen LogP contribution in [0.1, 0.15) is 31.2 Å². The summed E-state index contributed by atoms with van der Waals surface area (Å²) in [6.45, 7) is 2.17. The van der Waals surface area contributed by atoms with Gasteiger partial charge >= 0.3 is 5.97 Å². The third kappa shape index (κ3) is 4.04. The van der Waals surface area contributed by atoms with Crippen LogP contribution >= 0.6 is 0 Å². The van der Waals surface area contributed by atoms with E-state index in [1.165, 1.54) is 0 Å². The number of carbonyl (C=O) groups excluding carboxylic acids is 1. The highest BCUT2D eigenvalue weighted by Crippen LogP contribution is 2.28. The zero-order valence-corrected chi connectivity index (χ0v) is 12.3. The van der Waals surface area contributed by atoms with Crippen molar-refractivity contribution in [3.05, 3.63) is 29.8 Å². The lowest BCUT2D eigenvalue weighted by molar-refractivity contribution is -0.136. The maximum atomic E-state index is 12.7. The Bertz CT molecular complexity index is 513. The van der Waals surface area contributed by atoms with Crippen molar-refractivity contribution in [1.29, 1.82) is 0 Å². The summed E-state index contributed by atoms with van der Waals surface area (Å²) >= 11 is 0. The van der Waals surface area contributed by atoms with Gasteiger partial charge in [-0.05, 0) is 38.3 Å². The van der Waals surface area contributed by atoms with E-state index in [1.807, 2.05) is 31.2 Å². The molecule has 0 heterocycles. The molecule has 1 amide bonds. The number of carbonyl (C=O) groups is 2. The third-order valence-corrected chi connectivity index (χ3v) is 3.98. The lowest BCUT2D eigenvalue weighted by Gasteiger charge is -2.25. The molecule has 0 radical (unpaired) electrons. The van der Waals surface area contributed by atoms with Crippen LogP contribution in [0.15, 0.2) is 24.3 Å². The Hall–Kier alpha value is -1.88. The van der Waals surface area contributed by atoms with Crippen LogP contribution in [0, 0.1) is 12.8 Å². The van der Waals surface area contributed by atoms with Crippen LogP contribution in [0.2, 0.25) is 0 Å². The minimum Gasteiger partial charge on any atom is -0.481 e. The van der Waals surface area contributed by atoms with Gasteiger partial charge in [0, 0.05) is 24.2 Å². The molecule has 114 valence electrons. The fourth-order valence-electron chi connectivity index (χ4n) is 2.76. The van der Waals surface area contributed by atoms with E-state index in [0.717, 1.165) is 24.1 Å². The van der Waals surface area contributed by atoms with E-state index in [0.29, 0.717) is 6.42 Å². The second-order valence-corrected chi connectivity index (χ2v) is 5.74. The van der Waals surface area contributed by atoms with E-state index >= 15 is 0 Å². The van der Waals surface area contributed by atoms with Gasteiger partial charge in [-0.25, -0.2) is 0 Å². The number of nitrogens with zero attached hydrogens (tertiary/aromatic N) is 1. The van der Waals surface area contributed by atoms with Crippen LogP contribution < -0.4 is 10.6 Å². The molecule has 2 atom stereocenters. The number of amides is 1. The van der Waals surface area contributed by atoms with Gasteiger partial charge in [0.2, 0.25) is 5.91 Å². The van der Waals surface area contributed by atoms with E-state index in [2.05, 4.69) is 0 Å². The van der Waals surface area contributed by atoms with E-state index < -0.39 is 5.97 Å². The zero-order chi connectivity index (χ0) is 15.4. The highest BCUT2D eigenvalue weighted by atomic mass is 16.4. The van der Waals surface area contributed by atoms with Crippen molar-refractivity contribution >= 4 is 17.6 Å². The zero-order valence-electron chi connectivity index (χ0n) is 12.3. The quantitative estimate of drug-likeness (QED) is 0.868. The molecule has 1 aromatic carbocycles. The molecule has 2 rings (SSSR count). The van der Waals surface area contributed by atoms with Gasteiger partial charge in [-0.2, -0.15) is 0 Å². The first-order valence-corrected chi connectivity index (χ1v) is 7.33. The van der Waals surface area contributed by atoms with Crippen molar-refractivity contribution in [1.82, 2.24) is 0 Å². The molecule has 1 aliphatic carbocycles. The van der Waals surface area contributed by atoms with Gasteiger partial charge in [0.1, 0.15) is 0 Å². The monoisotopic (exact) mass is 290 g/mol. The average molecular weight is 290 g/mol. The van der Waals surface area contributed by atoms with E-state index in [4.69, 9.17) is 10.8 Å². The number of hydrogen-bond acceptors (Lipinski definition) is 3. The van der Waals surface area contributed by atoms with Gasteiger partial charge in [0.05, 0.1) is 6.42 Å². The number of carboxylic acids is 1. The maximum absolute atomic E-state index is 12.7. The molecule has 0 bridgehead atoms. The summed E-state index contributed by atoms with van der Waals surface area (Å²) in [7, 11) is 0. The lowest BCUT2D eigenvalue weighted by atomic mass is 10.1. The first-order valence-electron chi connectivity index (χ1n) is 7.33. The molecule has 5 nitrogen and oxygen atoms in total. The molecule has 2 unspecified atom stereocenters. The molecule has 1 fully saturated rings. The van der Waals surface area contributed by atoms with E-state index in [-0.39, 0.29) is 30.8 Å². The molecule has 3 N–H and O–H groups in total. The number of aryl methyl sites for hydroxylation is 1. The second kappa shape index (κ2) is 6.72. The maximum Gasteiger partial charge on any atom is 0.305 e. The molecule has 1 aliphatic rings. The highest BCUT2D eigenvalue weighted by molar-refractivity contribution is 5.95. The minimum absolute atomic E-state index is 0.00643. The molecule has 0 saturated heterocycles. The van der Waals surface area contributed by atoms with Crippen molar-refractivity contribution in [2.24, 2.45) is 11.7 Å². The Morgan fingerprint density at radius 2 is 1.95 bits per heavy atom. The van der Waals surface area contributed by atoms with Gasteiger partial charge in [0.15, 0.2) is 0 Å². The molecule has 5 heteroatoms. The smallest absolute Gasteiger partial charge is 0.305 e. The van der Waals surface area contributed by atoms with E-state index in [1.54, 1.807) is 4.90 Å². The van der Waals surface area contributed by atoms with Gasteiger partial charge in [-0.3, -0.25) is 9.59 Å². The van der Waals surface area contributed by atoms with Crippen LogP contribution in [0.5, 0.6) is 0 Å². The summed E-state index contributed by atoms with van der Waals surface area (Å²) in [4.78, 5) is 25.1. The molecule has 0 aromatic heterocycles. The van der Waals surface area contributed by atoms with Crippen LogP contribution in [0.3, 0.4) is 0 Å². The number of aliphatic carboxylic acids is 1. The standard InChI is InChI=1S/C16H22N2O3/c1-11-2-6-14(7-3-11)18(9-8-15(19)20)16(21)12-4-5-13(17)10-12/h2-3,6-7,12-13H,4-5,8-10,17H2,1H3,(H,19,20). The first kappa shape index (κ1) is 15.5. The minimum atomic E-state index is -0.900. The van der Waals surface area contributed by atoms with Crippen molar-refractivity contribution in [2.45, 2.75) is 38.6 Å². The number of rotatable bonds is 5. The Balaban J connectivity index is 2.16. The predicted octanol–water partition coefficient (Wildman–Crippen LogP) is 1.93. The molecule has 1 saturated carbocycles. The second-order valence-electron chi connectivity index (χ2n) is 5.74. The molecular formula is C16H22N2O3. The fourth-order valence-corrected chi connectivity index (χ4v) is 2.76. The lowest BCUT2D eigenvalue weighted by Crippen LogP contribution is -2.37. The van der Waals surface area contributed by atoms with Crippen LogP contribution in [-0.4, -0.2) is 29.6 Å². The Labute approximate surface area is 124 Å². The van der Waals surface area contributed by atoms with Gasteiger partial charge < -0.3 is 15.7 Å². The summed E-state index contributed by atoms with van der Waals surface area (Å²) < 4.78 is 0. The summed E-state index contributed by atoms with van der Waals surface area (Å²) in [6, 6.07) is 7.67. The number of benzene rings is 1. The molecule has 21 heavy (non-hydrogen) atoms. The Morgan fingerprint density at radius 1 is 1.29 bits per heavy atom. The number of hydrogen-bond donors (Lipinski definition) is 2. The number of carboxylic acid groups (broad SMARTS) is 1. The van der Waals surface area contributed by atoms with Gasteiger partial charge in [0.25, 0.3) is 0 Å². The number of nitrogens with two attached hydrogens (primary N) is 1. The average Bonchev–Trinajstić information content (AvgIpc) is 2.87. The fraction of sp³-hybridized carbons (Fsp3) is 0.500. The van der Waals surface area contributed by atoms with Crippen LogP contribution in [0.25, 0.3) is 0 Å². The largest absolute Gasteiger partial charge is 0.481 e. The predicted molar refractivity (Wildman–Crippen MR) is 81.1 cm³/mol. The number of anilines is 1. The summed E-state index contributed by atoms with van der Waals surface area (Å²) in [5.41, 5.74) is 7.74. The van der Waals surface area contributed by atoms with Crippen molar-refractivity contribution < 1.29 is 14.7 Å². The molecule has 1 aromatic rings. The third-order valence-electron chi connectivity index (χ3n) is 3.98. The van der Waals surface area contributed by atoms with Crippen molar-refractivity contribution in [3.63, 3.8) is 0 Å². The Kier molecular flexibility index (Phi) is 4.96. The van der Waals surface area contributed by atoms with Gasteiger partial charge in [-0.15, -0.1) is 0 Å². The molecule has 0 aliphatic heterocycles. The van der Waals surface area contributed by atoms with Crippen LogP contribution in [-0.2, 0) is 9.59 Å². The summed E-state index contributed by atoms with van der Waals surface area (Å²) in [5.74, 6) is -0.994. The molecular weight excluding hydrogens is 268 g/mol. The first-order chi connectivity index (χ1) is 9.97. The SMILES string of the molecule is Cc1ccc(N(CCC(=O)O)C(=O)C2CCC(N)C2)cc1. The molecule has 0 spiro atoms. The van der Waals surface area contributed by atoms with Gasteiger partial charge in [-0.1, -0.05) is 17.7 Å². The summed E-state index contributed by atoms with van der Waals surface area (Å²) in [6.07, 6.45) is 2.28. The Morgan fingerprint density at radius 3 is 2.48 bits per heavy atom.